The SMILES string of the molecule is COC(=O)C=Cc1sccc1C(C)=O. The van der Waals surface area contributed by atoms with E-state index in [0.29, 0.717) is 5.56 Å². The van der Waals surface area contributed by atoms with Crippen LogP contribution in [0, 0.1) is 0 Å². The number of esters is 1. The van der Waals surface area contributed by atoms with E-state index < -0.39 is 5.97 Å². The van der Waals surface area contributed by atoms with Crippen LogP contribution in [0.3, 0.4) is 0 Å². The van der Waals surface area contributed by atoms with Crippen molar-refractivity contribution in [2.75, 3.05) is 7.11 Å². The molecule has 4 heteroatoms. The second-order valence-corrected chi connectivity index (χ2v) is 3.56. The zero-order chi connectivity index (χ0) is 10.6. The van der Waals surface area contributed by atoms with Gasteiger partial charge < -0.3 is 4.74 Å². The largest absolute Gasteiger partial charge is 0.466 e. The highest BCUT2D eigenvalue weighted by atomic mass is 32.1. The third-order valence-electron chi connectivity index (χ3n) is 1.65. The number of hydrogen-bond donors (Lipinski definition) is 0. The molecule has 0 amide bonds. The molecule has 0 fully saturated rings. The third-order valence-corrected chi connectivity index (χ3v) is 2.53. The quantitative estimate of drug-likeness (QED) is 0.436. The molecule has 0 aliphatic rings. The summed E-state index contributed by atoms with van der Waals surface area (Å²) in [7, 11) is 1.31. The number of methoxy groups -OCH3 is 1. The van der Waals surface area contributed by atoms with Crippen molar-refractivity contribution in [2.45, 2.75) is 6.92 Å². The van der Waals surface area contributed by atoms with Gasteiger partial charge in [-0.15, -0.1) is 11.3 Å². The first-order chi connectivity index (χ1) is 6.65. The van der Waals surface area contributed by atoms with Gasteiger partial charge in [0, 0.05) is 16.5 Å². The van der Waals surface area contributed by atoms with Gasteiger partial charge in [-0.05, 0) is 24.4 Å². The van der Waals surface area contributed by atoms with Gasteiger partial charge in [-0.25, -0.2) is 4.79 Å². The molecule has 14 heavy (non-hydrogen) atoms. The van der Waals surface area contributed by atoms with Gasteiger partial charge in [0.2, 0.25) is 0 Å². The standard InChI is InChI=1S/C10H10O3S/c1-7(11)8-5-6-14-9(8)3-4-10(12)13-2/h3-6H,1-2H3. The highest BCUT2D eigenvalue weighted by Crippen LogP contribution is 2.18. The molecule has 0 spiro atoms. The number of rotatable bonds is 3. The highest BCUT2D eigenvalue weighted by Gasteiger charge is 2.05. The van der Waals surface area contributed by atoms with Gasteiger partial charge >= 0.3 is 5.97 Å². The number of ketones is 1. The number of carbonyl (C=O) groups is 2. The monoisotopic (exact) mass is 210 g/mol. The van der Waals surface area contributed by atoms with E-state index in [1.165, 1.54) is 31.4 Å². The van der Waals surface area contributed by atoms with E-state index in [4.69, 9.17) is 0 Å². The highest BCUT2D eigenvalue weighted by molar-refractivity contribution is 7.11. The van der Waals surface area contributed by atoms with Crippen LogP contribution in [0.2, 0.25) is 0 Å². The van der Waals surface area contributed by atoms with Crippen molar-refractivity contribution < 1.29 is 14.3 Å². The Kier molecular flexibility index (Phi) is 3.59. The lowest BCUT2D eigenvalue weighted by Gasteiger charge is -1.92. The van der Waals surface area contributed by atoms with Crippen LogP contribution in [-0.4, -0.2) is 18.9 Å². The number of ether oxygens (including phenoxy) is 1. The maximum Gasteiger partial charge on any atom is 0.330 e. The van der Waals surface area contributed by atoms with Crippen molar-refractivity contribution in [1.82, 2.24) is 0 Å². The lowest BCUT2D eigenvalue weighted by Crippen LogP contribution is -1.94. The van der Waals surface area contributed by atoms with Crippen molar-refractivity contribution in [1.29, 1.82) is 0 Å². The van der Waals surface area contributed by atoms with Crippen LogP contribution in [0.5, 0.6) is 0 Å². The van der Waals surface area contributed by atoms with E-state index >= 15 is 0 Å². The average Bonchev–Trinajstić information content (AvgIpc) is 2.62. The van der Waals surface area contributed by atoms with E-state index in [9.17, 15) is 9.59 Å². The molecule has 1 rings (SSSR count). The summed E-state index contributed by atoms with van der Waals surface area (Å²) in [6.07, 6.45) is 2.89. The molecule has 0 atom stereocenters. The first kappa shape index (κ1) is 10.7. The zero-order valence-corrected chi connectivity index (χ0v) is 8.76. The molecule has 0 saturated heterocycles. The summed E-state index contributed by atoms with van der Waals surface area (Å²) in [6, 6.07) is 1.74. The molecule has 0 aliphatic heterocycles. The molecular weight excluding hydrogens is 200 g/mol. The van der Waals surface area contributed by atoms with Gasteiger partial charge in [0.1, 0.15) is 0 Å². The fourth-order valence-electron chi connectivity index (χ4n) is 0.953. The summed E-state index contributed by atoms with van der Waals surface area (Å²) < 4.78 is 4.44. The molecule has 3 nitrogen and oxygen atoms in total. The number of thiophene rings is 1. The van der Waals surface area contributed by atoms with Crippen molar-refractivity contribution in [2.24, 2.45) is 0 Å². The van der Waals surface area contributed by atoms with E-state index in [0.717, 1.165) is 4.88 Å². The Hall–Kier alpha value is -1.42. The van der Waals surface area contributed by atoms with Crippen molar-refractivity contribution in [3.63, 3.8) is 0 Å². The van der Waals surface area contributed by atoms with Crippen LogP contribution in [0.25, 0.3) is 6.08 Å². The van der Waals surface area contributed by atoms with Gasteiger partial charge in [0.25, 0.3) is 0 Å². The molecule has 0 aromatic carbocycles. The fourth-order valence-corrected chi connectivity index (χ4v) is 1.79. The smallest absolute Gasteiger partial charge is 0.330 e. The minimum absolute atomic E-state index is 0.00392. The molecule has 0 N–H and O–H groups in total. The summed E-state index contributed by atoms with van der Waals surface area (Å²) in [5.41, 5.74) is 0.634. The van der Waals surface area contributed by atoms with Gasteiger partial charge in [-0.2, -0.15) is 0 Å². The lowest BCUT2D eigenvalue weighted by molar-refractivity contribution is -0.134. The fraction of sp³-hybridized carbons (Fsp3) is 0.200. The molecule has 74 valence electrons. The minimum Gasteiger partial charge on any atom is -0.466 e. The molecule has 0 saturated carbocycles. The topological polar surface area (TPSA) is 43.4 Å². The van der Waals surface area contributed by atoms with Crippen LogP contribution in [0.1, 0.15) is 22.2 Å². The van der Waals surface area contributed by atoms with Crippen LogP contribution >= 0.6 is 11.3 Å². The summed E-state index contributed by atoms with van der Waals surface area (Å²) >= 11 is 1.41. The molecule has 1 aromatic heterocycles. The van der Waals surface area contributed by atoms with Crippen molar-refractivity contribution >= 4 is 29.2 Å². The minimum atomic E-state index is -0.423. The Balaban J connectivity index is 2.86. The maximum atomic E-state index is 11.1. The van der Waals surface area contributed by atoms with Gasteiger partial charge in [-0.3, -0.25) is 4.79 Å². The summed E-state index contributed by atoms with van der Waals surface area (Å²) in [6.45, 7) is 1.50. The number of carbonyl (C=O) groups excluding carboxylic acids is 2. The third kappa shape index (κ3) is 2.53. The van der Waals surface area contributed by atoms with Gasteiger partial charge in [0.15, 0.2) is 5.78 Å². The molecule has 1 heterocycles. The molecule has 0 bridgehead atoms. The molecule has 0 radical (unpaired) electrons. The Bertz CT molecular complexity index is 376. The number of hydrogen-bond acceptors (Lipinski definition) is 4. The Morgan fingerprint density at radius 1 is 1.50 bits per heavy atom. The summed E-state index contributed by atoms with van der Waals surface area (Å²) in [5.74, 6) is -0.427. The second kappa shape index (κ2) is 4.72. The van der Waals surface area contributed by atoms with Gasteiger partial charge in [-0.1, -0.05) is 0 Å². The lowest BCUT2D eigenvalue weighted by atomic mass is 10.2. The van der Waals surface area contributed by atoms with Gasteiger partial charge in [0.05, 0.1) is 7.11 Å². The Morgan fingerprint density at radius 3 is 2.79 bits per heavy atom. The number of Topliss-reactive ketones (excluding diaryl/α,β-unsaturated/α-hetero) is 1. The van der Waals surface area contributed by atoms with Crippen LogP contribution in [0.15, 0.2) is 17.5 Å². The van der Waals surface area contributed by atoms with Crippen LogP contribution in [-0.2, 0) is 9.53 Å². The van der Waals surface area contributed by atoms with Crippen LogP contribution < -0.4 is 0 Å². The van der Waals surface area contributed by atoms with E-state index in [2.05, 4.69) is 4.74 Å². The second-order valence-electron chi connectivity index (χ2n) is 2.61. The molecule has 0 unspecified atom stereocenters. The Morgan fingerprint density at radius 2 is 2.21 bits per heavy atom. The molecule has 0 aliphatic carbocycles. The molecular formula is C10H10O3S. The Labute approximate surface area is 86.0 Å². The van der Waals surface area contributed by atoms with E-state index in [-0.39, 0.29) is 5.78 Å². The maximum absolute atomic E-state index is 11.1. The van der Waals surface area contributed by atoms with E-state index in [1.807, 2.05) is 5.38 Å². The normalized spacial score (nSPS) is 10.4. The molecule has 1 aromatic rings. The van der Waals surface area contributed by atoms with Crippen LogP contribution in [0.4, 0.5) is 0 Å². The first-order valence-corrected chi connectivity index (χ1v) is 4.87. The average molecular weight is 210 g/mol. The predicted octanol–water partition coefficient (Wildman–Crippen LogP) is 2.14. The first-order valence-electron chi connectivity index (χ1n) is 3.99. The van der Waals surface area contributed by atoms with Crippen molar-refractivity contribution in [3.8, 4) is 0 Å². The van der Waals surface area contributed by atoms with E-state index in [1.54, 1.807) is 12.1 Å². The summed E-state index contributed by atoms with van der Waals surface area (Å²) in [4.78, 5) is 22.7. The zero-order valence-electron chi connectivity index (χ0n) is 7.94. The predicted molar refractivity (Wildman–Crippen MR) is 55.4 cm³/mol. The summed E-state index contributed by atoms with van der Waals surface area (Å²) in [5, 5.41) is 1.81. The van der Waals surface area contributed by atoms with Crippen molar-refractivity contribution in [3.05, 3.63) is 28.0 Å².